The maximum atomic E-state index is 5.11. The summed E-state index contributed by atoms with van der Waals surface area (Å²) in [5.74, 6) is 0. The van der Waals surface area contributed by atoms with Crippen LogP contribution in [0.25, 0.3) is 0 Å². The van der Waals surface area contributed by atoms with Crippen LogP contribution in [-0.2, 0) is 0 Å². The molecule has 0 aliphatic heterocycles. The number of nitrogens with two attached hydrogens (primary N) is 1. The highest BCUT2D eigenvalue weighted by molar-refractivity contribution is 6.40. The largest absolute Gasteiger partial charge is 0.328 e. The van der Waals surface area contributed by atoms with E-state index in [1.54, 1.807) is 0 Å². The van der Waals surface area contributed by atoms with Gasteiger partial charge in [0.2, 0.25) is 0 Å². The average molecular weight is 144 g/mol. The molecule has 0 unspecified atom stereocenters. The number of rotatable bonds is 0. The second-order valence-corrected chi connectivity index (χ2v) is 2.15. The molecule has 0 bridgehead atoms. The molecule has 0 aromatic heterocycles. The van der Waals surface area contributed by atoms with Gasteiger partial charge in [0.1, 0.15) is 0 Å². The van der Waals surface area contributed by atoms with Crippen molar-refractivity contribution in [3.63, 3.8) is 0 Å². The van der Waals surface area contributed by atoms with Crippen LogP contribution in [0.3, 0.4) is 0 Å². The number of hydrogen-bond donors (Lipinski definition) is 1. The van der Waals surface area contributed by atoms with Crippen LogP contribution in [0.4, 0.5) is 0 Å². The molecule has 0 aromatic carbocycles. The molecule has 0 atom stereocenters. The molecule has 0 aliphatic rings. The van der Waals surface area contributed by atoms with Gasteiger partial charge in [0.05, 0.1) is 5.34 Å². The Morgan fingerprint density at radius 2 is 1.43 bits per heavy atom. The van der Waals surface area contributed by atoms with Gasteiger partial charge in [-0.2, -0.15) is 0 Å². The van der Waals surface area contributed by atoms with Crippen molar-refractivity contribution < 1.29 is 0 Å². The summed E-state index contributed by atoms with van der Waals surface area (Å²) >= 11 is 9.53. The summed E-state index contributed by atoms with van der Waals surface area (Å²) in [5, 5.41) is 0.194. The molecule has 3 heteroatoms. The van der Waals surface area contributed by atoms with Gasteiger partial charge in [-0.1, -0.05) is 13.8 Å². The Balaban J connectivity index is 0. The summed E-state index contributed by atoms with van der Waals surface area (Å²) in [5.41, 5.74) is 5.11. The van der Waals surface area contributed by atoms with Crippen molar-refractivity contribution in [1.82, 2.24) is 0 Å². The summed E-state index contributed by atoms with van der Waals surface area (Å²) in [4.78, 5) is 0. The van der Waals surface area contributed by atoms with Gasteiger partial charge in [-0.05, 0) is 6.04 Å². The number of halogens is 2. The highest BCUT2D eigenvalue weighted by Gasteiger charge is 1.67. The third-order valence-electron chi connectivity index (χ3n) is 0. The monoisotopic (exact) mass is 143 g/mol. The third-order valence-corrected chi connectivity index (χ3v) is 0. The molecular formula is C4H11Cl2N. The molecular weight excluding hydrogens is 133 g/mol. The molecule has 0 rings (SSSR count). The van der Waals surface area contributed by atoms with E-state index in [0.717, 1.165) is 0 Å². The summed E-state index contributed by atoms with van der Waals surface area (Å²) in [6, 6.07) is 0.333. The third kappa shape index (κ3) is 462. The quantitative estimate of drug-likeness (QED) is 0.515. The van der Waals surface area contributed by atoms with Gasteiger partial charge in [0.15, 0.2) is 0 Å². The minimum absolute atomic E-state index is 0.194. The summed E-state index contributed by atoms with van der Waals surface area (Å²) < 4.78 is 0. The molecule has 0 aliphatic carbocycles. The van der Waals surface area contributed by atoms with Crippen molar-refractivity contribution in [2.24, 2.45) is 5.73 Å². The zero-order chi connectivity index (χ0) is 6.28. The Morgan fingerprint density at radius 3 is 1.43 bits per heavy atom. The lowest BCUT2D eigenvalue weighted by molar-refractivity contribution is 0.834. The fourth-order valence-electron chi connectivity index (χ4n) is 0. The maximum absolute atomic E-state index is 5.11. The summed E-state index contributed by atoms with van der Waals surface area (Å²) in [6.07, 6.45) is 0. The standard InChI is InChI=1S/C3H9N.CH2Cl2/c1-3(2)4;2-1-3/h3H,4H2,1-2H3;1H2. The predicted molar refractivity (Wildman–Crippen MR) is 35.9 cm³/mol. The first-order chi connectivity index (χ1) is 3.15. The lowest BCUT2D eigenvalue weighted by Gasteiger charge is -1.81. The van der Waals surface area contributed by atoms with Gasteiger partial charge < -0.3 is 5.73 Å². The number of alkyl halides is 2. The molecule has 7 heavy (non-hydrogen) atoms. The normalized spacial score (nSPS) is 7.71. The van der Waals surface area contributed by atoms with Crippen molar-refractivity contribution in [3.05, 3.63) is 0 Å². The Labute approximate surface area is 54.8 Å². The van der Waals surface area contributed by atoms with Crippen molar-refractivity contribution >= 4 is 23.2 Å². The van der Waals surface area contributed by atoms with E-state index in [1.165, 1.54) is 0 Å². The van der Waals surface area contributed by atoms with E-state index in [9.17, 15) is 0 Å². The highest BCUT2D eigenvalue weighted by Crippen LogP contribution is 1.73. The van der Waals surface area contributed by atoms with E-state index in [1.807, 2.05) is 13.8 Å². The molecule has 0 aromatic rings. The van der Waals surface area contributed by atoms with E-state index in [2.05, 4.69) is 0 Å². The molecule has 0 heterocycles. The van der Waals surface area contributed by atoms with E-state index < -0.39 is 0 Å². The van der Waals surface area contributed by atoms with Crippen molar-refractivity contribution in [2.75, 3.05) is 5.34 Å². The first-order valence-corrected chi connectivity index (χ1v) is 3.09. The molecule has 1 nitrogen and oxygen atoms in total. The smallest absolute Gasteiger partial charge is 0.0967 e. The predicted octanol–water partition coefficient (Wildman–Crippen LogP) is 1.77. The topological polar surface area (TPSA) is 26.0 Å². The SMILES string of the molecule is CC(C)N.ClCCl. The highest BCUT2D eigenvalue weighted by atomic mass is 35.5. The zero-order valence-corrected chi connectivity index (χ0v) is 6.13. The van der Waals surface area contributed by atoms with E-state index >= 15 is 0 Å². The van der Waals surface area contributed by atoms with E-state index in [-0.39, 0.29) is 5.34 Å². The minimum atomic E-state index is 0.194. The van der Waals surface area contributed by atoms with Crippen LogP contribution < -0.4 is 5.73 Å². The van der Waals surface area contributed by atoms with Crippen LogP contribution in [0.1, 0.15) is 13.8 Å². The van der Waals surface area contributed by atoms with Crippen LogP contribution in [0, 0.1) is 0 Å². The van der Waals surface area contributed by atoms with Gasteiger partial charge >= 0.3 is 0 Å². The molecule has 0 amide bonds. The first-order valence-electron chi connectivity index (χ1n) is 2.02. The van der Waals surface area contributed by atoms with E-state index in [4.69, 9.17) is 28.9 Å². The van der Waals surface area contributed by atoms with Gasteiger partial charge in [0, 0.05) is 0 Å². The fourth-order valence-corrected chi connectivity index (χ4v) is 0. The first kappa shape index (κ1) is 10.5. The molecule has 0 saturated heterocycles. The second kappa shape index (κ2) is 9.74. The summed E-state index contributed by atoms with van der Waals surface area (Å²) in [7, 11) is 0. The van der Waals surface area contributed by atoms with Crippen LogP contribution in [-0.4, -0.2) is 11.4 Å². The Morgan fingerprint density at radius 1 is 1.43 bits per heavy atom. The Kier molecular flexibility index (Phi) is 14.6. The van der Waals surface area contributed by atoms with Crippen molar-refractivity contribution in [3.8, 4) is 0 Å². The molecule has 0 saturated carbocycles. The van der Waals surface area contributed by atoms with Gasteiger partial charge in [-0.3, -0.25) is 0 Å². The Hall–Kier alpha value is 0.540. The van der Waals surface area contributed by atoms with Crippen LogP contribution >= 0.6 is 23.2 Å². The summed E-state index contributed by atoms with van der Waals surface area (Å²) in [6.45, 7) is 3.89. The maximum Gasteiger partial charge on any atom is 0.0967 e. The van der Waals surface area contributed by atoms with Gasteiger partial charge in [-0.15, -0.1) is 23.2 Å². The van der Waals surface area contributed by atoms with Crippen LogP contribution in [0.15, 0.2) is 0 Å². The minimum Gasteiger partial charge on any atom is -0.328 e. The molecule has 0 spiro atoms. The van der Waals surface area contributed by atoms with Gasteiger partial charge in [-0.25, -0.2) is 0 Å². The van der Waals surface area contributed by atoms with Gasteiger partial charge in [0.25, 0.3) is 0 Å². The molecule has 0 fully saturated rings. The fraction of sp³-hybridized carbons (Fsp3) is 1.00. The van der Waals surface area contributed by atoms with Crippen LogP contribution in [0.2, 0.25) is 0 Å². The van der Waals surface area contributed by atoms with E-state index in [0.29, 0.717) is 6.04 Å². The molecule has 2 N–H and O–H groups in total. The second-order valence-electron chi connectivity index (χ2n) is 1.35. The number of hydrogen-bond acceptors (Lipinski definition) is 1. The van der Waals surface area contributed by atoms with Crippen molar-refractivity contribution in [2.45, 2.75) is 19.9 Å². The lowest BCUT2D eigenvalue weighted by Crippen LogP contribution is -2.06. The van der Waals surface area contributed by atoms with Crippen LogP contribution in [0.5, 0.6) is 0 Å². The average Bonchev–Trinajstić information content (AvgIpc) is 1.33. The molecule has 46 valence electrons. The zero-order valence-electron chi connectivity index (χ0n) is 4.62. The van der Waals surface area contributed by atoms with Crippen molar-refractivity contribution in [1.29, 1.82) is 0 Å². The Bertz CT molecular complexity index is 20.9. The molecule has 0 radical (unpaired) electrons. The lowest BCUT2D eigenvalue weighted by atomic mass is 10.5.